The van der Waals surface area contributed by atoms with Gasteiger partial charge in [0, 0.05) is 11.1 Å². The van der Waals surface area contributed by atoms with Gasteiger partial charge < -0.3 is 14.2 Å². The number of para-hydroxylation sites is 1. The molecule has 0 radical (unpaired) electrons. The van der Waals surface area contributed by atoms with E-state index in [2.05, 4.69) is 11.6 Å². The summed E-state index contributed by atoms with van der Waals surface area (Å²) in [5, 5.41) is 0. The maximum atomic E-state index is 13.4. The van der Waals surface area contributed by atoms with Crippen molar-refractivity contribution in [1.29, 1.82) is 0 Å². The van der Waals surface area contributed by atoms with Crippen molar-refractivity contribution in [3.8, 4) is 11.5 Å². The van der Waals surface area contributed by atoms with Gasteiger partial charge in [-0.25, -0.2) is 14.2 Å². The van der Waals surface area contributed by atoms with Crippen LogP contribution in [-0.4, -0.2) is 25.6 Å². The second kappa shape index (κ2) is 7.86. The van der Waals surface area contributed by atoms with E-state index in [1.807, 2.05) is 6.92 Å². The number of halogens is 1. The molecule has 0 amide bonds. The number of hydrogen-bond acceptors (Lipinski definition) is 5. The minimum absolute atomic E-state index is 0.0538. The number of nitrogens with zero attached hydrogens (tertiary/aromatic N) is 1. The van der Waals surface area contributed by atoms with Gasteiger partial charge in [0.2, 0.25) is 5.90 Å². The van der Waals surface area contributed by atoms with Crippen molar-refractivity contribution in [2.75, 3.05) is 13.7 Å². The van der Waals surface area contributed by atoms with Crippen LogP contribution in [0.25, 0.3) is 6.08 Å². The Hall–Kier alpha value is -3.41. The Labute approximate surface area is 156 Å². The molecule has 6 heteroatoms. The lowest BCUT2D eigenvalue weighted by atomic mass is 10.1. The molecule has 0 atom stereocenters. The maximum absolute atomic E-state index is 13.4. The summed E-state index contributed by atoms with van der Waals surface area (Å²) in [4.78, 5) is 16.4. The minimum Gasteiger partial charge on any atom is -0.493 e. The SMILES string of the molecule is C=C(C)COc1c(/C=C2\N=C(c3cccc(F)c3)OC2=O)cccc1OC. The average Bonchev–Trinajstić information content (AvgIpc) is 3.01. The number of aliphatic imine (C=N–C) groups is 1. The molecule has 2 aromatic carbocycles. The molecule has 1 heterocycles. The number of rotatable bonds is 6. The fraction of sp³-hybridized carbons (Fsp3) is 0.143. The number of carbonyl (C=O) groups is 1. The first kappa shape index (κ1) is 18.4. The third-order valence-electron chi connectivity index (χ3n) is 3.68. The molecule has 1 aliphatic rings. The summed E-state index contributed by atoms with van der Waals surface area (Å²) in [6, 6.07) is 11.0. The summed E-state index contributed by atoms with van der Waals surface area (Å²) < 4.78 is 29.7. The van der Waals surface area contributed by atoms with Crippen LogP contribution in [-0.2, 0) is 9.53 Å². The molecular formula is C21H18FNO4. The molecule has 0 aliphatic carbocycles. The molecule has 0 spiro atoms. The minimum atomic E-state index is -0.622. The van der Waals surface area contributed by atoms with Crippen molar-refractivity contribution in [1.82, 2.24) is 0 Å². The van der Waals surface area contributed by atoms with Gasteiger partial charge in [-0.05, 0) is 42.8 Å². The average molecular weight is 367 g/mol. The molecule has 1 aliphatic heterocycles. The highest BCUT2D eigenvalue weighted by Gasteiger charge is 2.25. The van der Waals surface area contributed by atoms with Crippen LogP contribution in [0.5, 0.6) is 11.5 Å². The standard InChI is InChI=1S/C21H18FNO4/c1-13(2)12-26-19-14(6-5-9-18(19)25-3)11-17-21(24)27-20(23-17)15-7-4-8-16(22)10-15/h4-11H,1,12H2,2-3H3/b17-11-. The van der Waals surface area contributed by atoms with Crippen molar-refractivity contribution < 1.29 is 23.4 Å². The van der Waals surface area contributed by atoms with E-state index in [9.17, 15) is 9.18 Å². The Morgan fingerprint density at radius 2 is 2.07 bits per heavy atom. The number of carbonyl (C=O) groups excluding carboxylic acids is 1. The van der Waals surface area contributed by atoms with Gasteiger partial charge in [-0.1, -0.05) is 24.8 Å². The van der Waals surface area contributed by atoms with Gasteiger partial charge in [-0.15, -0.1) is 0 Å². The molecule has 138 valence electrons. The van der Waals surface area contributed by atoms with Crippen LogP contribution in [0.4, 0.5) is 4.39 Å². The number of hydrogen-bond donors (Lipinski definition) is 0. The van der Waals surface area contributed by atoms with Crippen molar-refractivity contribution in [2.45, 2.75) is 6.92 Å². The smallest absolute Gasteiger partial charge is 0.363 e. The molecule has 0 N–H and O–H groups in total. The van der Waals surface area contributed by atoms with E-state index in [-0.39, 0.29) is 11.6 Å². The summed E-state index contributed by atoms with van der Waals surface area (Å²) >= 11 is 0. The first-order chi connectivity index (χ1) is 13.0. The highest BCUT2D eigenvalue weighted by molar-refractivity contribution is 6.13. The zero-order valence-corrected chi connectivity index (χ0v) is 15.0. The van der Waals surface area contributed by atoms with Gasteiger partial charge in [-0.2, -0.15) is 0 Å². The third kappa shape index (κ3) is 4.23. The highest BCUT2D eigenvalue weighted by Crippen LogP contribution is 2.33. The molecule has 0 saturated carbocycles. The van der Waals surface area contributed by atoms with Crippen molar-refractivity contribution >= 4 is 17.9 Å². The van der Waals surface area contributed by atoms with Crippen LogP contribution in [0.1, 0.15) is 18.1 Å². The molecule has 0 unspecified atom stereocenters. The molecule has 0 aromatic heterocycles. The van der Waals surface area contributed by atoms with E-state index in [1.165, 1.54) is 25.3 Å². The molecule has 0 bridgehead atoms. The molecule has 3 rings (SSSR count). The highest BCUT2D eigenvalue weighted by atomic mass is 19.1. The summed E-state index contributed by atoms with van der Waals surface area (Å²) in [5.41, 5.74) is 1.91. The quantitative estimate of drug-likeness (QED) is 0.438. The zero-order chi connectivity index (χ0) is 19.4. The van der Waals surface area contributed by atoms with E-state index in [1.54, 1.807) is 30.3 Å². The van der Waals surface area contributed by atoms with Crippen molar-refractivity contribution in [3.05, 3.63) is 77.3 Å². The molecule has 2 aromatic rings. The van der Waals surface area contributed by atoms with Crippen LogP contribution < -0.4 is 9.47 Å². The van der Waals surface area contributed by atoms with Crippen molar-refractivity contribution in [2.24, 2.45) is 4.99 Å². The molecular weight excluding hydrogens is 349 g/mol. The van der Waals surface area contributed by atoms with Gasteiger partial charge in [0.25, 0.3) is 0 Å². The van der Waals surface area contributed by atoms with Gasteiger partial charge in [0.15, 0.2) is 17.2 Å². The number of ether oxygens (including phenoxy) is 3. The van der Waals surface area contributed by atoms with Crippen LogP contribution in [0, 0.1) is 5.82 Å². The Bertz CT molecular complexity index is 962. The van der Waals surface area contributed by atoms with Crippen LogP contribution in [0.2, 0.25) is 0 Å². The number of benzene rings is 2. The topological polar surface area (TPSA) is 57.1 Å². The van der Waals surface area contributed by atoms with Gasteiger partial charge in [0.1, 0.15) is 12.4 Å². The van der Waals surface area contributed by atoms with Gasteiger partial charge in [0.05, 0.1) is 7.11 Å². The van der Waals surface area contributed by atoms with Crippen LogP contribution in [0.15, 0.2) is 65.3 Å². The molecule has 0 fully saturated rings. The van der Waals surface area contributed by atoms with E-state index >= 15 is 0 Å². The molecule has 5 nitrogen and oxygen atoms in total. The largest absolute Gasteiger partial charge is 0.493 e. The number of methoxy groups -OCH3 is 1. The van der Waals surface area contributed by atoms with E-state index < -0.39 is 11.8 Å². The predicted octanol–water partition coefficient (Wildman–Crippen LogP) is 4.13. The zero-order valence-electron chi connectivity index (χ0n) is 15.0. The van der Waals surface area contributed by atoms with Crippen molar-refractivity contribution in [3.63, 3.8) is 0 Å². The Balaban J connectivity index is 1.98. The second-order valence-electron chi connectivity index (χ2n) is 5.97. The number of esters is 1. The second-order valence-corrected chi connectivity index (χ2v) is 5.97. The van der Waals surface area contributed by atoms with E-state index in [4.69, 9.17) is 14.2 Å². The Morgan fingerprint density at radius 1 is 1.30 bits per heavy atom. The summed E-state index contributed by atoms with van der Waals surface area (Å²) in [6.07, 6.45) is 1.55. The summed E-state index contributed by atoms with van der Waals surface area (Å²) in [7, 11) is 1.53. The predicted molar refractivity (Wildman–Crippen MR) is 100 cm³/mol. The van der Waals surface area contributed by atoms with Crippen LogP contribution in [0.3, 0.4) is 0 Å². The third-order valence-corrected chi connectivity index (χ3v) is 3.68. The normalized spacial score (nSPS) is 14.7. The Morgan fingerprint density at radius 3 is 2.78 bits per heavy atom. The maximum Gasteiger partial charge on any atom is 0.363 e. The van der Waals surface area contributed by atoms with Crippen LogP contribution >= 0.6 is 0 Å². The van der Waals surface area contributed by atoms with E-state index in [0.717, 1.165) is 5.57 Å². The summed E-state index contributed by atoms with van der Waals surface area (Å²) in [6.45, 7) is 5.96. The lowest BCUT2D eigenvalue weighted by Crippen LogP contribution is -2.05. The first-order valence-electron chi connectivity index (χ1n) is 8.20. The fourth-order valence-corrected chi connectivity index (χ4v) is 2.46. The lowest BCUT2D eigenvalue weighted by molar-refractivity contribution is -0.129. The first-order valence-corrected chi connectivity index (χ1v) is 8.20. The van der Waals surface area contributed by atoms with E-state index in [0.29, 0.717) is 29.2 Å². The molecule has 27 heavy (non-hydrogen) atoms. The van der Waals surface area contributed by atoms with Gasteiger partial charge in [-0.3, -0.25) is 0 Å². The fourth-order valence-electron chi connectivity index (χ4n) is 2.46. The Kier molecular flexibility index (Phi) is 5.35. The number of cyclic esters (lactones) is 1. The monoisotopic (exact) mass is 367 g/mol. The van der Waals surface area contributed by atoms with Gasteiger partial charge >= 0.3 is 5.97 Å². The summed E-state index contributed by atoms with van der Waals surface area (Å²) in [5.74, 6) is -0.0167. The lowest BCUT2D eigenvalue weighted by Gasteiger charge is -2.13. The molecule has 0 saturated heterocycles.